The van der Waals surface area contributed by atoms with Crippen molar-refractivity contribution in [2.75, 3.05) is 13.2 Å². The largest absolute Gasteiger partial charge is 0.463 e. The third kappa shape index (κ3) is 14.2. The van der Waals surface area contributed by atoms with Gasteiger partial charge in [0.05, 0.1) is 6.10 Å². The lowest BCUT2D eigenvalue weighted by atomic mass is 9.91. The van der Waals surface area contributed by atoms with E-state index in [9.17, 15) is 38.4 Å². The molecule has 2 heterocycles. The summed E-state index contributed by atoms with van der Waals surface area (Å²) in [5.41, 5.74) is 0.737. The van der Waals surface area contributed by atoms with E-state index in [1.807, 2.05) is 0 Å². The maximum absolute atomic E-state index is 12.8. The molecular weight excluding hydrogens is 736 g/mol. The summed E-state index contributed by atoms with van der Waals surface area (Å²) in [6.45, 7) is 6.30. The van der Waals surface area contributed by atoms with E-state index in [0.29, 0.717) is 0 Å². The summed E-state index contributed by atoms with van der Waals surface area (Å²) in [5.74, 6) is -6.56. The second-order valence-electron chi connectivity index (χ2n) is 12.5. The molecule has 2 saturated heterocycles. The van der Waals surface area contributed by atoms with Gasteiger partial charge in [-0.3, -0.25) is 38.4 Å². The first-order chi connectivity index (χ1) is 25.9. The fourth-order valence-corrected chi connectivity index (χ4v) is 5.90. The van der Waals surface area contributed by atoms with Gasteiger partial charge in [-0.2, -0.15) is 0 Å². The number of benzene rings is 1. The zero-order valence-corrected chi connectivity index (χ0v) is 31.5. The molecule has 0 amide bonds. The maximum Gasteiger partial charge on any atom is 0.306 e. The minimum atomic E-state index is -1.81. The van der Waals surface area contributed by atoms with Crippen LogP contribution in [0.5, 0.6) is 0 Å². The topological polar surface area (TPSA) is 238 Å². The standard InChI is InChI=1S/C36H46O19/c1-18(37)45-16-27-32(55-36-35(52-24(7)43)34(51-23(6)42)31(49-21(4)40)28(54-36)17-46-19(2)38)33(50-22(5)41)30(48-20(3)39)26(53-27)13-14-29(44)47-15-25-11-9-8-10-12-25/h8-12,26-28,30-36H,13-17H2,1-7H3/t26-,27-,28-,30+,31-,32-,33-,34+,35-,36-/m1/s1. The average molecular weight is 783 g/mol. The summed E-state index contributed by atoms with van der Waals surface area (Å²) in [6, 6.07) is 8.90. The Morgan fingerprint density at radius 3 is 1.42 bits per heavy atom. The first-order valence-electron chi connectivity index (χ1n) is 17.2. The molecule has 0 aromatic heterocycles. The first-order valence-corrected chi connectivity index (χ1v) is 17.2. The quantitative estimate of drug-likeness (QED) is 0.169. The van der Waals surface area contributed by atoms with Crippen molar-refractivity contribution in [1.29, 1.82) is 0 Å². The Balaban J connectivity index is 2.06. The fraction of sp³-hybridized carbons (Fsp3) is 0.611. The summed E-state index contributed by atoms with van der Waals surface area (Å²) < 4.78 is 62.0. The van der Waals surface area contributed by atoms with E-state index in [2.05, 4.69) is 0 Å². The monoisotopic (exact) mass is 782 g/mol. The number of hydrogen-bond donors (Lipinski definition) is 0. The van der Waals surface area contributed by atoms with Gasteiger partial charge in [-0.25, -0.2) is 0 Å². The van der Waals surface area contributed by atoms with Gasteiger partial charge in [0.25, 0.3) is 0 Å². The van der Waals surface area contributed by atoms with Crippen molar-refractivity contribution in [2.24, 2.45) is 0 Å². The second kappa shape index (κ2) is 21.1. The van der Waals surface area contributed by atoms with Crippen LogP contribution in [0, 0.1) is 0 Å². The van der Waals surface area contributed by atoms with Crippen LogP contribution >= 0.6 is 0 Å². The van der Waals surface area contributed by atoms with Crippen LogP contribution in [0.4, 0.5) is 0 Å². The van der Waals surface area contributed by atoms with Crippen LogP contribution in [0.2, 0.25) is 0 Å². The Bertz CT molecular complexity index is 1530. The Hall–Kier alpha value is -5.14. The molecule has 10 atom stereocenters. The van der Waals surface area contributed by atoms with E-state index >= 15 is 0 Å². The molecule has 0 radical (unpaired) electrons. The van der Waals surface area contributed by atoms with Crippen molar-refractivity contribution in [2.45, 2.75) is 129 Å². The zero-order chi connectivity index (χ0) is 40.8. The molecular formula is C36H46O19. The van der Waals surface area contributed by atoms with Crippen molar-refractivity contribution in [3.63, 3.8) is 0 Å². The lowest BCUT2D eigenvalue weighted by molar-refractivity contribution is -0.345. The predicted molar refractivity (Wildman–Crippen MR) is 179 cm³/mol. The molecule has 0 bridgehead atoms. The highest BCUT2D eigenvalue weighted by molar-refractivity contribution is 5.70. The van der Waals surface area contributed by atoms with Crippen molar-refractivity contribution in [1.82, 2.24) is 0 Å². The average Bonchev–Trinajstić information content (AvgIpc) is 3.08. The number of esters is 8. The number of carbonyl (C=O) groups excluding carboxylic acids is 8. The van der Waals surface area contributed by atoms with E-state index in [1.54, 1.807) is 30.3 Å². The minimum absolute atomic E-state index is 0.0182. The molecule has 1 aromatic carbocycles. The highest BCUT2D eigenvalue weighted by Crippen LogP contribution is 2.36. The van der Waals surface area contributed by atoms with Crippen molar-refractivity contribution >= 4 is 47.8 Å². The number of hydrogen-bond acceptors (Lipinski definition) is 19. The van der Waals surface area contributed by atoms with E-state index in [1.165, 1.54) is 0 Å². The minimum Gasteiger partial charge on any atom is -0.463 e. The summed E-state index contributed by atoms with van der Waals surface area (Å²) in [5, 5.41) is 0. The zero-order valence-electron chi connectivity index (χ0n) is 31.5. The number of carbonyl (C=O) groups is 8. The maximum atomic E-state index is 12.8. The Kier molecular flexibility index (Phi) is 17.0. The number of rotatable bonds is 16. The Labute approximate surface area is 316 Å². The summed E-state index contributed by atoms with van der Waals surface area (Å²) in [4.78, 5) is 98.6. The molecule has 55 heavy (non-hydrogen) atoms. The third-order valence-corrected chi connectivity index (χ3v) is 7.90. The molecule has 1 aromatic rings. The molecule has 19 nitrogen and oxygen atoms in total. The Morgan fingerprint density at radius 2 is 0.927 bits per heavy atom. The smallest absolute Gasteiger partial charge is 0.306 e. The molecule has 0 spiro atoms. The summed E-state index contributed by atoms with van der Waals surface area (Å²) in [7, 11) is 0. The molecule has 2 aliphatic rings. The molecule has 2 aliphatic heterocycles. The molecule has 3 rings (SSSR count). The molecule has 0 aliphatic carbocycles. The van der Waals surface area contributed by atoms with Gasteiger partial charge >= 0.3 is 47.8 Å². The lowest BCUT2D eigenvalue weighted by Gasteiger charge is -2.49. The lowest BCUT2D eigenvalue weighted by Crippen LogP contribution is -2.67. The van der Waals surface area contributed by atoms with Gasteiger partial charge in [0.15, 0.2) is 36.8 Å². The van der Waals surface area contributed by atoms with Gasteiger partial charge in [-0.15, -0.1) is 0 Å². The van der Waals surface area contributed by atoms with Crippen LogP contribution in [0.3, 0.4) is 0 Å². The van der Waals surface area contributed by atoms with Gasteiger partial charge in [0.2, 0.25) is 0 Å². The summed E-state index contributed by atoms with van der Waals surface area (Å²) >= 11 is 0. The molecule has 2 fully saturated rings. The van der Waals surface area contributed by atoms with Crippen LogP contribution in [0.15, 0.2) is 30.3 Å². The van der Waals surface area contributed by atoms with E-state index < -0.39 is 122 Å². The van der Waals surface area contributed by atoms with Crippen LogP contribution < -0.4 is 0 Å². The van der Waals surface area contributed by atoms with Gasteiger partial charge in [-0.1, -0.05) is 30.3 Å². The van der Waals surface area contributed by atoms with Crippen LogP contribution in [0.1, 0.15) is 66.9 Å². The van der Waals surface area contributed by atoms with Gasteiger partial charge < -0.3 is 52.1 Å². The van der Waals surface area contributed by atoms with Gasteiger partial charge in [-0.05, 0) is 12.0 Å². The molecule has 0 N–H and O–H groups in total. The van der Waals surface area contributed by atoms with Gasteiger partial charge in [0.1, 0.15) is 38.1 Å². The third-order valence-electron chi connectivity index (χ3n) is 7.90. The van der Waals surface area contributed by atoms with Crippen molar-refractivity contribution < 1.29 is 90.5 Å². The fourth-order valence-electron chi connectivity index (χ4n) is 5.90. The first kappa shape index (κ1) is 44.3. The van der Waals surface area contributed by atoms with Crippen LogP contribution in [-0.2, 0) is 97.1 Å². The van der Waals surface area contributed by atoms with E-state index in [4.69, 9.17) is 52.1 Å². The SMILES string of the molecule is CC(=O)OC[C@H]1O[C@H](CCC(=O)OCc2ccccc2)[C@H](OC(C)=O)[C@@H](OC(C)=O)[C@@H]1O[C@H]1O[C@H](COC(C)=O)[C@@H](OC(C)=O)[C@H](OC(C)=O)[C@H]1OC(C)=O. The van der Waals surface area contributed by atoms with E-state index in [0.717, 1.165) is 54.0 Å². The second-order valence-corrected chi connectivity index (χ2v) is 12.5. The van der Waals surface area contributed by atoms with Crippen LogP contribution in [0.25, 0.3) is 0 Å². The molecule has 19 heteroatoms. The predicted octanol–water partition coefficient (Wildman–Crippen LogP) is 1.17. The van der Waals surface area contributed by atoms with Crippen molar-refractivity contribution in [3.05, 3.63) is 35.9 Å². The highest BCUT2D eigenvalue weighted by Gasteiger charge is 2.57. The normalized spacial score (nSPS) is 27.3. The Morgan fingerprint density at radius 1 is 0.491 bits per heavy atom. The van der Waals surface area contributed by atoms with Crippen LogP contribution in [-0.4, -0.2) is 122 Å². The highest BCUT2D eigenvalue weighted by atomic mass is 16.8. The number of ether oxygens (including phenoxy) is 11. The molecule has 0 unspecified atom stereocenters. The van der Waals surface area contributed by atoms with Crippen molar-refractivity contribution in [3.8, 4) is 0 Å². The molecule has 304 valence electrons. The van der Waals surface area contributed by atoms with E-state index in [-0.39, 0.29) is 19.4 Å². The summed E-state index contributed by atoms with van der Waals surface area (Å²) in [6.07, 6.45) is -15.7. The molecule has 0 saturated carbocycles. The van der Waals surface area contributed by atoms with Gasteiger partial charge in [0, 0.05) is 54.9 Å².